The Morgan fingerprint density at radius 2 is 2.16 bits per heavy atom. The Kier molecular flexibility index (Phi) is 4.01. The number of nitrogens with one attached hydrogen (secondary N) is 2. The van der Waals surface area contributed by atoms with Crippen molar-refractivity contribution in [2.24, 2.45) is 0 Å². The predicted molar refractivity (Wildman–Crippen MR) is 71.7 cm³/mol. The van der Waals surface area contributed by atoms with Crippen LogP contribution in [0.4, 0.5) is 10.2 Å². The number of H-pyrrole nitrogens is 1. The van der Waals surface area contributed by atoms with Crippen molar-refractivity contribution in [3.63, 3.8) is 0 Å². The van der Waals surface area contributed by atoms with Gasteiger partial charge in [0, 0.05) is 19.0 Å². The zero-order chi connectivity index (χ0) is 13.8. The lowest BCUT2D eigenvalue weighted by atomic mass is 10.1. The molecule has 0 spiro atoms. The Labute approximate surface area is 115 Å². The number of hydrogen-bond acceptors (Lipinski definition) is 3. The standard InChI is InChI=1S/C13H11FN2O2S/c1-8-2-4-11(18-19)10(6-8)13(17)16-12-5-3-9(14)7-15-12/h2-7,19H,1H3,(H,15,16,17)/p+1. The molecule has 0 aliphatic carbocycles. The van der Waals surface area contributed by atoms with E-state index in [1.54, 1.807) is 12.1 Å². The minimum atomic E-state index is -0.409. The van der Waals surface area contributed by atoms with Gasteiger partial charge in [0.2, 0.25) is 0 Å². The zero-order valence-electron chi connectivity index (χ0n) is 10.1. The number of aromatic nitrogens is 1. The number of hydrogen-bond donors (Lipinski definition) is 2. The Hall–Kier alpha value is -2.08. The highest BCUT2D eigenvalue weighted by Gasteiger charge is 2.18. The minimum absolute atomic E-state index is 0.354. The van der Waals surface area contributed by atoms with E-state index in [1.807, 2.05) is 13.0 Å². The predicted octanol–water partition coefficient (Wildman–Crippen LogP) is 2.42. The summed E-state index contributed by atoms with van der Waals surface area (Å²) in [4.78, 5) is 14.7. The van der Waals surface area contributed by atoms with Crippen LogP contribution in [0, 0.1) is 12.7 Å². The Bertz CT molecular complexity index is 602. The highest BCUT2D eigenvalue weighted by Crippen LogP contribution is 2.21. The lowest BCUT2D eigenvalue weighted by molar-refractivity contribution is -0.363. The number of thiol groups is 1. The average molecular weight is 279 g/mol. The summed E-state index contributed by atoms with van der Waals surface area (Å²) >= 11 is 3.71. The molecular weight excluding hydrogens is 267 g/mol. The molecule has 0 saturated heterocycles. The van der Waals surface area contributed by atoms with Crippen molar-refractivity contribution < 1.29 is 18.4 Å². The molecule has 2 N–H and O–H groups in total. The number of halogens is 1. The molecule has 98 valence electrons. The molecule has 1 heterocycles. The van der Waals surface area contributed by atoms with Gasteiger partial charge in [0.05, 0.1) is 0 Å². The largest absolute Gasteiger partial charge is 0.428 e. The minimum Gasteiger partial charge on any atom is -0.428 e. The number of pyridine rings is 1. The van der Waals surface area contributed by atoms with Crippen molar-refractivity contribution in [1.29, 1.82) is 0 Å². The Morgan fingerprint density at radius 3 is 2.79 bits per heavy atom. The smallest absolute Gasteiger partial charge is 0.342 e. The molecule has 2 rings (SSSR count). The average Bonchev–Trinajstić information content (AvgIpc) is 2.41. The van der Waals surface area contributed by atoms with E-state index in [1.165, 1.54) is 12.1 Å². The maximum absolute atomic E-state index is 12.7. The number of carbonyl (C=O) groups is 1. The second-order valence-corrected chi connectivity index (χ2v) is 4.15. The van der Waals surface area contributed by atoms with Crippen LogP contribution in [0.25, 0.3) is 0 Å². The third-order valence-corrected chi connectivity index (χ3v) is 2.70. The van der Waals surface area contributed by atoms with Crippen LogP contribution in [0.5, 0.6) is 5.75 Å². The number of rotatable bonds is 3. The van der Waals surface area contributed by atoms with Gasteiger partial charge in [-0.05, 0) is 30.7 Å². The molecule has 4 nitrogen and oxygen atoms in total. The molecule has 0 atom stereocenters. The summed E-state index contributed by atoms with van der Waals surface area (Å²) in [5, 5.41) is 2.61. The van der Waals surface area contributed by atoms with Crippen LogP contribution in [0.2, 0.25) is 0 Å². The van der Waals surface area contributed by atoms with Gasteiger partial charge in [-0.25, -0.2) is 19.5 Å². The lowest BCUT2D eigenvalue weighted by Crippen LogP contribution is -2.20. The van der Waals surface area contributed by atoms with Crippen LogP contribution < -0.4 is 14.5 Å². The summed E-state index contributed by atoms with van der Waals surface area (Å²) in [5.74, 6) is -0.0323. The van der Waals surface area contributed by atoms with Gasteiger partial charge in [-0.3, -0.25) is 0 Å². The number of amides is 1. The van der Waals surface area contributed by atoms with Gasteiger partial charge in [0.1, 0.15) is 11.8 Å². The first-order valence-electron chi connectivity index (χ1n) is 5.51. The Morgan fingerprint density at radius 1 is 1.37 bits per heavy atom. The molecule has 0 unspecified atom stereocenters. The van der Waals surface area contributed by atoms with Crippen molar-refractivity contribution in [2.75, 3.05) is 5.32 Å². The summed E-state index contributed by atoms with van der Waals surface area (Å²) in [6.45, 7) is 1.86. The SMILES string of the molecule is Cc1ccc(OS)c(C(=O)Nc2ccc(F)c[nH+]2)c1. The van der Waals surface area contributed by atoms with Crippen molar-refractivity contribution in [1.82, 2.24) is 0 Å². The molecule has 1 aromatic heterocycles. The number of aryl methyl sites for hydroxylation is 1. The van der Waals surface area contributed by atoms with Crippen LogP contribution in [0.3, 0.4) is 0 Å². The van der Waals surface area contributed by atoms with Crippen molar-refractivity contribution in [2.45, 2.75) is 6.92 Å². The van der Waals surface area contributed by atoms with Gasteiger partial charge in [-0.2, -0.15) is 0 Å². The van der Waals surface area contributed by atoms with Crippen LogP contribution in [0.15, 0.2) is 36.5 Å². The molecule has 0 radical (unpaired) electrons. The molecule has 0 fully saturated rings. The molecule has 0 aliphatic rings. The molecule has 1 aromatic carbocycles. The van der Waals surface area contributed by atoms with E-state index in [0.717, 1.165) is 11.8 Å². The highest BCUT2D eigenvalue weighted by atomic mass is 32.1. The van der Waals surface area contributed by atoms with Crippen LogP contribution >= 0.6 is 12.9 Å². The first-order valence-corrected chi connectivity index (χ1v) is 5.87. The first-order chi connectivity index (χ1) is 9.10. The van der Waals surface area contributed by atoms with Crippen molar-refractivity contribution >= 4 is 24.6 Å². The van der Waals surface area contributed by atoms with Gasteiger partial charge < -0.3 is 4.18 Å². The molecule has 19 heavy (non-hydrogen) atoms. The van der Waals surface area contributed by atoms with E-state index < -0.39 is 5.82 Å². The van der Waals surface area contributed by atoms with E-state index in [0.29, 0.717) is 17.1 Å². The molecule has 0 saturated carbocycles. The van der Waals surface area contributed by atoms with E-state index in [2.05, 4.69) is 23.2 Å². The van der Waals surface area contributed by atoms with Gasteiger partial charge in [-0.1, -0.05) is 6.07 Å². The van der Waals surface area contributed by atoms with Crippen molar-refractivity contribution in [3.8, 4) is 5.75 Å². The monoisotopic (exact) mass is 279 g/mol. The fourth-order valence-corrected chi connectivity index (χ4v) is 1.73. The van der Waals surface area contributed by atoms with Gasteiger partial charge in [0.15, 0.2) is 11.6 Å². The van der Waals surface area contributed by atoms with E-state index in [-0.39, 0.29) is 5.91 Å². The summed E-state index contributed by atoms with van der Waals surface area (Å²) in [5.41, 5.74) is 1.27. The lowest BCUT2D eigenvalue weighted by Gasteiger charge is -2.05. The van der Waals surface area contributed by atoms with Gasteiger partial charge in [-0.15, -0.1) is 0 Å². The molecule has 1 amide bonds. The number of aromatic amines is 1. The molecular formula is C13H12FN2O2S+. The summed E-state index contributed by atoms with van der Waals surface area (Å²) in [6.07, 6.45) is 1.15. The highest BCUT2D eigenvalue weighted by molar-refractivity contribution is 7.75. The number of benzene rings is 1. The normalized spacial score (nSPS) is 10.1. The van der Waals surface area contributed by atoms with Gasteiger partial charge in [0.25, 0.3) is 5.82 Å². The van der Waals surface area contributed by atoms with Crippen LogP contribution in [-0.4, -0.2) is 5.91 Å². The quantitative estimate of drug-likeness (QED) is 0.669. The van der Waals surface area contributed by atoms with Crippen molar-refractivity contribution in [3.05, 3.63) is 53.5 Å². The summed E-state index contributed by atoms with van der Waals surface area (Å²) in [7, 11) is 0. The fourth-order valence-electron chi connectivity index (χ4n) is 1.57. The first kappa shape index (κ1) is 13.4. The molecule has 0 aliphatic heterocycles. The molecule has 0 bridgehead atoms. The number of carbonyl (C=O) groups excluding carboxylic acids is 1. The molecule has 2 aromatic rings. The topological polar surface area (TPSA) is 52.5 Å². The van der Waals surface area contributed by atoms with E-state index >= 15 is 0 Å². The van der Waals surface area contributed by atoms with Gasteiger partial charge >= 0.3 is 5.91 Å². The zero-order valence-corrected chi connectivity index (χ0v) is 11.0. The van der Waals surface area contributed by atoms with Crippen LogP contribution in [0.1, 0.15) is 15.9 Å². The van der Waals surface area contributed by atoms with E-state index in [4.69, 9.17) is 4.18 Å². The fraction of sp³-hybridized carbons (Fsp3) is 0.0769. The van der Waals surface area contributed by atoms with Crippen LogP contribution in [-0.2, 0) is 0 Å². The second-order valence-electron chi connectivity index (χ2n) is 3.97. The number of anilines is 1. The third-order valence-electron chi connectivity index (χ3n) is 2.50. The maximum Gasteiger partial charge on any atom is 0.342 e. The second kappa shape index (κ2) is 5.71. The molecule has 6 heteroatoms. The Balaban J connectivity index is 2.24. The maximum atomic E-state index is 12.7. The van der Waals surface area contributed by atoms with E-state index in [9.17, 15) is 9.18 Å². The third kappa shape index (κ3) is 3.23. The summed E-state index contributed by atoms with van der Waals surface area (Å²) in [6, 6.07) is 7.84. The summed E-state index contributed by atoms with van der Waals surface area (Å²) < 4.78 is 17.6.